The largest absolute Gasteiger partial charge is 0.351 e. The van der Waals surface area contributed by atoms with Crippen LogP contribution in [0.2, 0.25) is 0 Å². The lowest BCUT2D eigenvalue weighted by atomic mass is 9.91. The molecule has 1 N–H and O–H groups in total. The summed E-state index contributed by atoms with van der Waals surface area (Å²) in [4.78, 5) is 26.4. The van der Waals surface area contributed by atoms with Gasteiger partial charge in [-0.1, -0.05) is 25.0 Å². The van der Waals surface area contributed by atoms with E-state index in [0.29, 0.717) is 18.5 Å². The van der Waals surface area contributed by atoms with Crippen molar-refractivity contribution in [3.63, 3.8) is 0 Å². The van der Waals surface area contributed by atoms with Crippen LogP contribution in [0.25, 0.3) is 0 Å². The Morgan fingerprint density at radius 2 is 1.87 bits per heavy atom. The third kappa shape index (κ3) is 3.85. The normalized spacial score (nSPS) is 20.1. The number of fused-ring (bicyclic) bond motifs is 1. The Labute approximate surface area is 177 Å². The molecular weight excluding hydrogens is 381 g/mol. The summed E-state index contributed by atoms with van der Waals surface area (Å²) in [6.45, 7) is 6.64. The number of rotatable bonds is 4. The van der Waals surface area contributed by atoms with Gasteiger partial charge >= 0.3 is 0 Å². The molecule has 1 amide bonds. The van der Waals surface area contributed by atoms with E-state index in [-0.39, 0.29) is 17.8 Å². The number of amides is 1. The summed E-state index contributed by atoms with van der Waals surface area (Å²) < 4.78 is 13.2. The van der Waals surface area contributed by atoms with Crippen molar-refractivity contribution in [2.75, 3.05) is 28.7 Å². The third-order valence-electron chi connectivity index (χ3n) is 6.31. The van der Waals surface area contributed by atoms with Gasteiger partial charge in [-0.3, -0.25) is 4.79 Å². The molecule has 2 aromatic rings. The van der Waals surface area contributed by atoms with E-state index in [2.05, 4.69) is 15.2 Å². The average molecular weight is 412 g/mol. The van der Waals surface area contributed by atoms with Crippen LogP contribution >= 0.6 is 0 Å². The number of nitrogens with one attached hydrogen (secondary N) is 1. The lowest BCUT2D eigenvalue weighted by Gasteiger charge is -2.34. The first-order valence-corrected chi connectivity index (χ1v) is 10.7. The molecule has 2 heterocycles. The molecule has 0 spiro atoms. The quantitative estimate of drug-likeness (QED) is 0.800. The second-order valence-electron chi connectivity index (χ2n) is 9.13. The van der Waals surface area contributed by atoms with Crippen molar-refractivity contribution in [1.82, 2.24) is 9.97 Å². The molecule has 6 nitrogen and oxygen atoms in total. The molecule has 1 aromatic carbocycles. The summed E-state index contributed by atoms with van der Waals surface area (Å²) in [6.07, 6.45) is 6.39. The highest BCUT2D eigenvalue weighted by atomic mass is 19.1. The monoisotopic (exact) mass is 411 g/mol. The van der Waals surface area contributed by atoms with Gasteiger partial charge in [0.05, 0.1) is 17.7 Å². The zero-order chi connectivity index (χ0) is 21.5. The van der Waals surface area contributed by atoms with Crippen molar-refractivity contribution in [3.8, 4) is 0 Å². The molecule has 160 valence electrons. The lowest BCUT2D eigenvalue weighted by molar-refractivity contribution is -0.125. The summed E-state index contributed by atoms with van der Waals surface area (Å²) >= 11 is 0. The van der Waals surface area contributed by atoms with Crippen molar-refractivity contribution in [2.45, 2.75) is 58.5 Å². The van der Waals surface area contributed by atoms with Gasteiger partial charge in [-0.15, -0.1) is 0 Å². The number of anilines is 3. The van der Waals surface area contributed by atoms with Crippen LogP contribution in [0.3, 0.4) is 0 Å². The topological polar surface area (TPSA) is 61.4 Å². The predicted molar refractivity (Wildman–Crippen MR) is 117 cm³/mol. The van der Waals surface area contributed by atoms with Crippen molar-refractivity contribution >= 4 is 23.4 Å². The van der Waals surface area contributed by atoms with E-state index < -0.39 is 5.41 Å². The standard InChI is InChI=1S/C23H30FN5O/c1-15(16-9-11-17(24)12-10-16)26-22-25-13-19-20(27-22)29(18-7-5-6-8-18)14-23(2,3)21(30)28(19)4/h9-13,15,18H,5-8,14H2,1-4H3,(H,25,26,27)/t15-/m0/s1. The van der Waals surface area contributed by atoms with Crippen LogP contribution in [0.5, 0.6) is 0 Å². The highest BCUT2D eigenvalue weighted by Crippen LogP contribution is 2.40. The smallest absolute Gasteiger partial charge is 0.234 e. The molecule has 7 heteroatoms. The number of hydrogen-bond donors (Lipinski definition) is 1. The Hall–Kier alpha value is -2.70. The number of hydrogen-bond acceptors (Lipinski definition) is 5. The number of aromatic nitrogens is 2. The van der Waals surface area contributed by atoms with Gasteiger partial charge in [0.15, 0.2) is 5.82 Å². The predicted octanol–water partition coefficient (Wildman–Crippen LogP) is 4.54. The van der Waals surface area contributed by atoms with E-state index in [1.165, 1.54) is 25.0 Å². The number of carbonyl (C=O) groups is 1. The molecule has 1 fully saturated rings. The third-order valence-corrected chi connectivity index (χ3v) is 6.31. The maximum atomic E-state index is 13.2. The Balaban J connectivity index is 1.68. The summed E-state index contributed by atoms with van der Waals surface area (Å²) in [5.41, 5.74) is 1.20. The first-order chi connectivity index (χ1) is 14.3. The first kappa shape index (κ1) is 20.6. The zero-order valence-electron chi connectivity index (χ0n) is 18.2. The highest BCUT2D eigenvalue weighted by Gasteiger charge is 2.41. The van der Waals surface area contributed by atoms with Gasteiger partial charge in [-0.05, 0) is 51.3 Å². The summed E-state index contributed by atoms with van der Waals surface area (Å²) in [6, 6.07) is 6.74. The van der Waals surface area contributed by atoms with Gasteiger partial charge in [-0.25, -0.2) is 9.37 Å². The molecule has 0 saturated heterocycles. The molecule has 0 unspecified atom stereocenters. The molecule has 2 aliphatic rings. The summed E-state index contributed by atoms with van der Waals surface area (Å²) in [5, 5.41) is 3.33. The molecule has 1 aliphatic heterocycles. The number of halogens is 1. The van der Waals surface area contributed by atoms with E-state index in [4.69, 9.17) is 4.98 Å². The Morgan fingerprint density at radius 3 is 2.53 bits per heavy atom. The van der Waals surface area contributed by atoms with Crippen molar-refractivity contribution in [3.05, 3.63) is 41.8 Å². The van der Waals surface area contributed by atoms with Crippen LogP contribution in [0.4, 0.5) is 21.8 Å². The van der Waals surface area contributed by atoms with Gasteiger partial charge in [0.2, 0.25) is 11.9 Å². The molecular formula is C23H30FN5O. The van der Waals surface area contributed by atoms with Crippen LogP contribution in [-0.4, -0.2) is 35.5 Å². The Morgan fingerprint density at radius 1 is 1.20 bits per heavy atom. The highest BCUT2D eigenvalue weighted by molar-refractivity contribution is 6.00. The fourth-order valence-corrected chi connectivity index (χ4v) is 4.56. The van der Waals surface area contributed by atoms with Gasteiger partial charge in [0.25, 0.3) is 0 Å². The number of nitrogens with zero attached hydrogens (tertiary/aromatic N) is 4. The summed E-state index contributed by atoms with van der Waals surface area (Å²) in [5.74, 6) is 1.14. The Bertz CT molecular complexity index is 924. The molecule has 1 aromatic heterocycles. The molecule has 1 aliphatic carbocycles. The summed E-state index contributed by atoms with van der Waals surface area (Å²) in [7, 11) is 1.80. The molecule has 30 heavy (non-hydrogen) atoms. The van der Waals surface area contributed by atoms with E-state index in [9.17, 15) is 9.18 Å². The van der Waals surface area contributed by atoms with Crippen LogP contribution < -0.4 is 15.1 Å². The fraction of sp³-hybridized carbons (Fsp3) is 0.522. The number of carbonyl (C=O) groups excluding carboxylic acids is 1. The molecule has 1 saturated carbocycles. The van der Waals surface area contributed by atoms with Crippen LogP contribution in [0.15, 0.2) is 30.5 Å². The number of benzene rings is 1. The zero-order valence-corrected chi connectivity index (χ0v) is 18.2. The van der Waals surface area contributed by atoms with Crippen molar-refractivity contribution in [2.24, 2.45) is 5.41 Å². The van der Waals surface area contributed by atoms with Crippen molar-refractivity contribution in [1.29, 1.82) is 0 Å². The fourth-order valence-electron chi connectivity index (χ4n) is 4.56. The first-order valence-electron chi connectivity index (χ1n) is 10.7. The van der Waals surface area contributed by atoms with E-state index >= 15 is 0 Å². The maximum absolute atomic E-state index is 13.2. The SMILES string of the molecule is C[C@H](Nc1ncc2c(n1)N(C1CCCC1)CC(C)(C)C(=O)N2C)c1ccc(F)cc1. The van der Waals surface area contributed by atoms with Gasteiger partial charge in [0.1, 0.15) is 11.5 Å². The second kappa shape index (κ2) is 7.85. The van der Waals surface area contributed by atoms with Gasteiger partial charge < -0.3 is 15.1 Å². The minimum atomic E-state index is -0.507. The van der Waals surface area contributed by atoms with E-state index in [0.717, 1.165) is 29.9 Å². The van der Waals surface area contributed by atoms with E-state index in [1.807, 2.05) is 20.8 Å². The molecule has 4 rings (SSSR count). The molecule has 1 atom stereocenters. The van der Waals surface area contributed by atoms with Crippen LogP contribution in [0, 0.1) is 11.2 Å². The minimum absolute atomic E-state index is 0.0771. The van der Waals surface area contributed by atoms with E-state index in [1.54, 1.807) is 30.3 Å². The van der Waals surface area contributed by atoms with Crippen LogP contribution in [-0.2, 0) is 4.79 Å². The maximum Gasteiger partial charge on any atom is 0.234 e. The lowest BCUT2D eigenvalue weighted by Crippen LogP contribution is -2.45. The average Bonchev–Trinajstić information content (AvgIpc) is 3.24. The van der Waals surface area contributed by atoms with Crippen molar-refractivity contribution < 1.29 is 9.18 Å². The second-order valence-corrected chi connectivity index (χ2v) is 9.13. The van der Waals surface area contributed by atoms with Crippen LogP contribution in [0.1, 0.15) is 58.1 Å². The molecule has 0 bridgehead atoms. The van der Waals surface area contributed by atoms with Gasteiger partial charge in [0, 0.05) is 19.6 Å². The molecule has 0 radical (unpaired) electrons. The Kier molecular flexibility index (Phi) is 5.38. The van der Waals surface area contributed by atoms with Gasteiger partial charge in [-0.2, -0.15) is 4.98 Å². The minimum Gasteiger partial charge on any atom is -0.351 e.